The Balaban J connectivity index is 1.59. The highest BCUT2D eigenvalue weighted by Crippen LogP contribution is 2.32. The van der Waals surface area contributed by atoms with Crippen LogP contribution in [0.2, 0.25) is 5.02 Å². The maximum atomic E-state index is 12.9. The Bertz CT molecular complexity index is 1230. The van der Waals surface area contributed by atoms with Crippen molar-refractivity contribution >= 4 is 41.1 Å². The van der Waals surface area contributed by atoms with Gasteiger partial charge in [0.2, 0.25) is 5.91 Å². The summed E-state index contributed by atoms with van der Waals surface area (Å²) in [7, 11) is 1.57. The summed E-state index contributed by atoms with van der Waals surface area (Å²) in [6.45, 7) is 0. The van der Waals surface area contributed by atoms with Gasteiger partial charge in [0.1, 0.15) is 11.5 Å². The minimum atomic E-state index is -0.387. The van der Waals surface area contributed by atoms with E-state index < -0.39 is 0 Å². The average molecular weight is 447 g/mol. The van der Waals surface area contributed by atoms with E-state index in [1.165, 1.54) is 0 Å². The third-order valence-electron chi connectivity index (χ3n) is 4.96. The van der Waals surface area contributed by atoms with Crippen LogP contribution in [0.5, 0.6) is 11.5 Å². The third-order valence-corrected chi connectivity index (χ3v) is 5.19. The first-order valence-electron chi connectivity index (χ1n) is 9.88. The summed E-state index contributed by atoms with van der Waals surface area (Å²) >= 11 is 6.02. The lowest BCUT2D eigenvalue weighted by Crippen LogP contribution is -2.28. The Labute approximate surface area is 190 Å². The molecule has 160 valence electrons. The fourth-order valence-corrected chi connectivity index (χ4v) is 3.57. The summed E-state index contributed by atoms with van der Waals surface area (Å²) in [5.74, 6) is 0.177. The number of anilines is 1. The molecule has 0 aromatic heterocycles. The number of para-hydroxylation sites is 1. The highest BCUT2D eigenvalue weighted by molar-refractivity contribution is 6.32. The second-order valence-corrected chi connectivity index (χ2v) is 7.54. The van der Waals surface area contributed by atoms with Crippen LogP contribution in [-0.2, 0) is 9.59 Å². The monoisotopic (exact) mass is 446 g/mol. The zero-order chi connectivity index (χ0) is 22.7. The van der Waals surface area contributed by atoms with Gasteiger partial charge in [0.15, 0.2) is 0 Å². The Kier molecular flexibility index (Phi) is 6.05. The molecule has 1 aliphatic heterocycles. The number of nitrogens with zero attached hydrogens (tertiary/aromatic N) is 1. The van der Waals surface area contributed by atoms with Crippen LogP contribution in [0, 0.1) is 0 Å². The van der Waals surface area contributed by atoms with Crippen LogP contribution >= 0.6 is 11.6 Å². The van der Waals surface area contributed by atoms with Crippen molar-refractivity contribution in [3.8, 4) is 11.5 Å². The molecule has 0 atom stereocenters. The summed E-state index contributed by atoms with van der Waals surface area (Å²) in [6, 6.07) is 20.6. The van der Waals surface area contributed by atoms with Gasteiger partial charge < -0.3 is 10.1 Å². The van der Waals surface area contributed by atoms with Crippen molar-refractivity contribution in [2.75, 3.05) is 11.9 Å². The second-order valence-electron chi connectivity index (χ2n) is 7.10. The van der Waals surface area contributed by atoms with E-state index in [-0.39, 0.29) is 24.1 Å². The van der Waals surface area contributed by atoms with Gasteiger partial charge in [0, 0.05) is 28.8 Å². The molecule has 3 amide bonds. The molecule has 0 spiro atoms. The van der Waals surface area contributed by atoms with Crippen molar-refractivity contribution in [3.05, 3.63) is 94.5 Å². The van der Waals surface area contributed by atoms with Crippen molar-refractivity contribution in [2.45, 2.75) is 6.42 Å². The molecule has 4 rings (SSSR count). The number of halogens is 1. The van der Waals surface area contributed by atoms with Crippen LogP contribution in [0.3, 0.4) is 0 Å². The first-order valence-corrected chi connectivity index (χ1v) is 10.3. The van der Waals surface area contributed by atoms with Gasteiger partial charge in [-0.1, -0.05) is 35.9 Å². The SMILES string of the molecule is CNC(=O)c1ccc(Oc2ccccc2/C=C2/CC(=O)N(c3cccc(Cl)c3)C2=O)cc1. The minimum absolute atomic E-state index is 0.0134. The predicted octanol–water partition coefficient (Wildman–Crippen LogP) is 4.84. The number of benzene rings is 3. The quantitative estimate of drug-likeness (QED) is 0.449. The molecule has 1 heterocycles. The standard InChI is InChI=1S/C25H19ClN2O4/c1-27-24(30)16-9-11-21(12-10-16)32-22-8-3-2-5-17(22)13-18-14-23(29)28(25(18)31)20-7-4-6-19(26)15-20/h2-13,15H,14H2,1H3,(H,27,30)/b18-13-. The molecular formula is C25H19ClN2O4. The lowest BCUT2D eigenvalue weighted by atomic mass is 10.1. The highest BCUT2D eigenvalue weighted by atomic mass is 35.5. The number of rotatable bonds is 5. The number of ether oxygens (including phenoxy) is 1. The predicted molar refractivity (Wildman–Crippen MR) is 123 cm³/mol. The number of carbonyl (C=O) groups is 3. The largest absolute Gasteiger partial charge is 0.457 e. The fraction of sp³-hybridized carbons (Fsp3) is 0.0800. The lowest BCUT2D eigenvalue weighted by Gasteiger charge is -2.13. The number of imide groups is 1. The molecule has 0 aliphatic carbocycles. The van der Waals surface area contributed by atoms with E-state index in [2.05, 4.69) is 5.32 Å². The Morgan fingerprint density at radius 3 is 2.50 bits per heavy atom. The smallest absolute Gasteiger partial charge is 0.261 e. The van der Waals surface area contributed by atoms with Crippen LogP contribution < -0.4 is 15.0 Å². The molecule has 0 saturated carbocycles. The van der Waals surface area contributed by atoms with Gasteiger partial charge in [-0.05, 0) is 54.6 Å². The molecule has 1 saturated heterocycles. The van der Waals surface area contributed by atoms with Gasteiger partial charge in [-0.25, -0.2) is 4.90 Å². The van der Waals surface area contributed by atoms with E-state index in [4.69, 9.17) is 16.3 Å². The molecule has 0 radical (unpaired) electrons. The first kappa shape index (κ1) is 21.3. The van der Waals surface area contributed by atoms with Crippen molar-refractivity contribution in [2.24, 2.45) is 0 Å². The van der Waals surface area contributed by atoms with Gasteiger partial charge in [-0.2, -0.15) is 0 Å². The van der Waals surface area contributed by atoms with Gasteiger partial charge in [-0.3, -0.25) is 14.4 Å². The summed E-state index contributed by atoms with van der Waals surface area (Å²) in [5, 5.41) is 3.01. The molecule has 1 fully saturated rings. The zero-order valence-corrected chi connectivity index (χ0v) is 17.9. The van der Waals surface area contributed by atoms with E-state index in [1.807, 2.05) is 12.1 Å². The topological polar surface area (TPSA) is 75.7 Å². The molecule has 7 heteroatoms. The minimum Gasteiger partial charge on any atom is -0.457 e. The normalized spacial score (nSPS) is 14.7. The number of hydrogen-bond donors (Lipinski definition) is 1. The van der Waals surface area contributed by atoms with Crippen molar-refractivity contribution < 1.29 is 19.1 Å². The molecule has 1 N–H and O–H groups in total. The molecule has 0 bridgehead atoms. The van der Waals surface area contributed by atoms with Crippen LogP contribution in [0.25, 0.3) is 6.08 Å². The van der Waals surface area contributed by atoms with E-state index >= 15 is 0 Å². The zero-order valence-electron chi connectivity index (χ0n) is 17.2. The van der Waals surface area contributed by atoms with Gasteiger partial charge in [0.25, 0.3) is 11.8 Å². The summed E-state index contributed by atoms with van der Waals surface area (Å²) in [4.78, 5) is 38.3. The third kappa shape index (κ3) is 4.40. The fourth-order valence-electron chi connectivity index (χ4n) is 3.39. The number of carbonyl (C=O) groups excluding carboxylic acids is 3. The van der Waals surface area contributed by atoms with E-state index in [0.29, 0.717) is 38.9 Å². The van der Waals surface area contributed by atoms with Crippen LogP contribution in [0.4, 0.5) is 5.69 Å². The molecule has 6 nitrogen and oxygen atoms in total. The van der Waals surface area contributed by atoms with Gasteiger partial charge in [-0.15, -0.1) is 0 Å². The van der Waals surface area contributed by atoms with E-state index in [1.54, 1.807) is 73.8 Å². The number of nitrogens with one attached hydrogen (secondary N) is 1. The van der Waals surface area contributed by atoms with Crippen LogP contribution in [0.1, 0.15) is 22.3 Å². The summed E-state index contributed by atoms with van der Waals surface area (Å²) < 4.78 is 5.97. The average Bonchev–Trinajstić information content (AvgIpc) is 3.07. The van der Waals surface area contributed by atoms with Crippen LogP contribution in [0.15, 0.2) is 78.4 Å². The molecular weight excluding hydrogens is 428 g/mol. The number of hydrogen-bond acceptors (Lipinski definition) is 4. The summed E-state index contributed by atoms with van der Waals surface area (Å²) in [6.07, 6.45) is 1.65. The van der Waals surface area contributed by atoms with E-state index in [0.717, 1.165) is 4.90 Å². The first-order chi connectivity index (χ1) is 15.5. The van der Waals surface area contributed by atoms with Gasteiger partial charge >= 0.3 is 0 Å². The maximum absolute atomic E-state index is 12.9. The number of amides is 3. The highest BCUT2D eigenvalue weighted by Gasteiger charge is 2.35. The van der Waals surface area contributed by atoms with Crippen molar-refractivity contribution in [3.63, 3.8) is 0 Å². The Morgan fingerprint density at radius 2 is 1.78 bits per heavy atom. The molecule has 1 aliphatic rings. The van der Waals surface area contributed by atoms with Crippen LogP contribution in [-0.4, -0.2) is 24.8 Å². The maximum Gasteiger partial charge on any atom is 0.261 e. The molecule has 0 unspecified atom stereocenters. The van der Waals surface area contributed by atoms with Crippen molar-refractivity contribution in [1.29, 1.82) is 0 Å². The van der Waals surface area contributed by atoms with E-state index in [9.17, 15) is 14.4 Å². The Hall–Kier alpha value is -3.90. The molecule has 3 aromatic carbocycles. The Morgan fingerprint density at radius 1 is 1.03 bits per heavy atom. The van der Waals surface area contributed by atoms with Crippen molar-refractivity contribution in [1.82, 2.24) is 5.32 Å². The molecule has 32 heavy (non-hydrogen) atoms. The lowest BCUT2D eigenvalue weighted by molar-refractivity contribution is -0.120. The van der Waals surface area contributed by atoms with Gasteiger partial charge in [0.05, 0.1) is 12.1 Å². The summed E-state index contributed by atoms with van der Waals surface area (Å²) in [5.41, 5.74) is 1.98. The second kappa shape index (κ2) is 9.08. The molecule has 3 aromatic rings.